The van der Waals surface area contributed by atoms with Crippen LogP contribution in [0, 0.1) is 0 Å². The second kappa shape index (κ2) is 11.7. The molecule has 2 aromatic rings. The molecule has 2 amide bonds. The number of nitrogens with zero attached hydrogens (tertiary/aromatic N) is 1. The fourth-order valence-corrected chi connectivity index (χ4v) is 4.99. The second-order valence-electron chi connectivity index (χ2n) is 8.67. The third kappa shape index (κ3) is 7.20. The molecular formula is C24H31BrN2O6S. The largest absolute Gasteiger partial charge is 0.479 e. The number of hydrogen-bond donors (Lipinski definition) is 1. The molecule has 0 aliphatic carbocycles. The van der Waals surface area contributed by atoms with Gasteiger partial charge in [0.15, 0.2) is 17.2 Å². The predicted molar refractivity (Wildman–Crippen MR) is 137 cm³/mol. The van der Waals surface area contributed by atoms with Crippen LogP contribution in [0.15, 0.2) is 28.7 Å². The molecule has 0 aliphatic heterocycles. The van der Waals surface area contributed by atoms with E-state index in [1.54, 1.807) is 25.7 Å². The molecule has 0 bridgehead atoms. The molecule has 10 heteroatoms. The van der Waals surface area contributed by atoms with Crippen molar-refractivity contribution < 1.29 is 28.6 Å². The zero-order valence-electron chi connectivity index (χ0n) is 20.5. The van der Waals surface area contributed by atoms with Crippen LogP contribution in [-0.2, 0) is 14.3 Å². The standard InChI is InChI=1S/C24H31BrN2O6S/c1-8-27(23(30)26-14(2)3)16-11-9-10-15(12-16)20-18(25)19(21(34-20)22(29)31-7)32-13-17(28)33-24(4,5)6/h9-12,14H,8,13H2,1-7H3,(H,26,30). The zero-order valence-corrected chi connectivity index (χ0v) is 22.9. The first-order chi connectivity index (χ1) is 15.9. The number of urea groups is 1. The lowest BCUT2D eigenvalue weighted by atomic mass is 10.1. The Hall–Kier alpha value is -2.59. The number of anilines is 1. The van der Waals surface area contributed by atoms with E-state index in [1.165, 1.54) is 18.4 Å². The van der Waals surface area contributed by atoms with Crippen molar-refractivity contribution in [3.8, 4) is 16.2 Å². The molecule has 0 atom stereocenters. The number of carbonyl (C=O) groups excluding carboxylic acids is 3. The number of ether oxygens (including phenoxy) is 3. The molecule has 1 aromatic carbocycles. The first-order valence-electron chi connectivity index (χ1n) is 10.8. The summed E-state index contributed by atoms with van der Waals surface area (Å²) in [5, 5.41) is 2.90. The molecule has 0 radical (unpaired) electrons. The molecule has 186 valence electrons. The van der Waals surface area contributed by atoms with Gasteiger partial charge in [0.25, 0.3) is 0 Å². The zero-order chi connectivity index (χ0) is 25.6. The van der Waals surface area contributed by atoms with E-state index in [9.17, 15) is 14.4 Å². The Balaban J connectivity index is 2.42. The van der Waals surface area contributed by atoms with Crippen molar-refractivity contribution in [2.75, 3.05) is 25.2 Å². The molecule has 1 N–H and O–H groups in total. The highest BCUT2D eigenvalue weighted by molar-refractivity contribution is 9.10. The van der Waals surface area contributed by atoms with E-state index in [-0.39, 0.29) is 29.3 Å². The maximum Gasteiger partial charge on any atom is 0.351 e. The van der Waals surface area contributed by atoms with Crippen LogP contribution in [0.1, 0.15) is 51.2 Å². The van der Waals surface area contributed by atoms with Crippen LogP contribution < -0.4 is 15.0 Å². The van der Waals surface area contributed by atoms with Gasteiger partial charge in [-0.2, -0.15) is 0 Å². The van der Waals surface area contributed by atoms with Gasteiger partial charge in [0.1, 0.15) is 5.60 Å². The van der Waals surface area contributed by atoms with E-state index in [4.69, 9.17) is 14.2 Å². The van der Waals surface area contributed by atoms with Crippen LogP contribution in [0.3, 0.4) is 0 Å². The number of amides is 2. The summed E-state index contributed by atoms with van der Waals surface area (Å²) in [7, 11) is 1.28. The average molecular weight is 555 g/mol. The van der Waals surface area contributed by atoms with E-state index >= 15 is 0 Å². The summed E-state index contributed by atoms with van der Waals surface area (Å²) >= 11 is 4.69. The molecule has 8 nitrogen and oxygen atoms in total. The van der Waals surface area contributed by atoms with Crippen LogP contribution in [0.2, 0.25) is 0 Å². The summed E-state index contributed by atoms with van der Waals surface area (Å²) in [5.74, 6) is -0.938. The van der Waals surface area contributed by atoms with Gasteiger partial charge in [-0.3, -0.25) is 4.90 Å². The molecule has 0 saturated carbocycles. The highest BCUT2D eigenvalue weighted by Gasteiger charge is 2.27. The minimum absolute atomic E-state index is 0.00321. The number of hydrogen-bond acceptors (Lipinski definition) is 7. The predicted octanol–water partition coefficient (Wildman–Crippen LogP) is 5.63. The maximum absolute atomic E-state index is 12.6. The molecule has 1 heterocycles. The van der Waals surface area contributed by atoms with Gasteiger partial charge in [-0.15, -0.1) is 11.3 Å². The Morgan fingerprint density at radius 3 is 2.44 bits per heavy atom. The number of thiophene rings is 1. The van der Waals surface area contributed by atoms with Crippen LogP contribution in [0.25, 0.3) is 10.4 Å². The van der Waals surface area contributed by atoms with Crippen molar-refractivity contribution in [1.82, 2.24) is 5.32 Å². The van der Waals surface area contributed by atoms with Crippen LogP contribution in [0.5, 0.6) is 5.75 Å². The topological polar surface area (TPSA) is 94.2 Å². The Bertz CT molecular complexity index is 1040. The smallest absolute Gasteiger partial charge is 0.351 e. The molecule has 0 fully saturated rings. The highest BCUT2D eigenvalue weighted by atomic mass is 79.9. The molecule has 0 spiro atoms. The third-order valence-corrected chi connectivity index (χ3v) is 6.55. The number of nitrogens with one attached hydrogen (secondary N) is 1. The number of carbonyl (C=O) groups is 3. The van der Waals surface area contributed by atoms with E-state index in [0.29, 0.717) is 21.6 Å². The number of methoxy groups -OCH3 is 1. The van der Waals surface area contributed by atoms with Gasteiger partial charge in [0.05, 0.1) is 16.5 Å². The minimum Gasteiger partial charge on any atom is -0.479 e. The SMILES string of the molecule is CCN(C(=O)NC(C)C)c1cccc(-c2sc(C(=O)OC)c(OCC(=O)OC(C)(C)C)c2Br)c1. The summed E-state index contributed by atoms with van der Waals surface area (Å²) in [6.07, 6.45) is 0. The van der Waals surface area contributed by atoms with Gasteiger partial charge in [0, 0.05) is 18.3 Å². The van der Waals surface area contributed by atoms with Crippen molar-refractivity contribution in [3.63, 3.8) is 0 Å². The fraction of sp³-hybridized carbons (Fsp3) is 0.458. The number of esters is 2. The van der Waals surface area contributed by atoms with Gasteiger partial charge in [-0.05, 0) is 75.2 Å². The van der Waals surface area contributed by atoms with E-state index < -0.39 is 17.5 Å². The fourth-order valence-electron chi connectivity index (χ4n) is 3.02. The van der Waals surface area contributed by atoms with Gasteiger partial charge in [-0.1, -0.05) is 12.1 Å². The lowest BCUT2D eigenvalue weighted by Gasteiger charge is -2.23. The molecule has 34 heavy (non-hydrogen) atoms. The van der Waals surface area contributed by atoms with Crippen molar-refractivity contribution in [2.45, 2.75) is 53.2 Å². The number of halogens is 1. The van der Waals surface area contributed by atoms with Gasteiger partial charge < -0.3 is 19.5 Å². The molecule has 2 rings (SSSR count). The first-order valence-corrected chi connectivity index (χ1v) is 12.4. The minimum atomic E-state index is -0.657. The Morgan fingerprint density at radius 2 is 1.88 bits per heavy atom. The van der Waals surface area contributed by atoms with Crippen LogP contribution in [-0.4, -0.2) is 49.9 Å². The van der Waals surface area contributed by atoms with Crippen molar-refractivity contribution in [1.29, 1.82) is 0 Å². The Morgan fingerprint density at radius 1 is 1.21 bits per heavy atom. The lowest BCUT2D eigenvalue weighted by molar-refractivity contribution is -0.157. The van der Waals surface area contributed by atoms with Crippen molar-refractivity contribution >= 4 is 50.9 Å². The average Bonchev–Trinajstić information content (AvgIpc) is 3.07. The van der Waals surface area contributed by atoms with Crippen molar-refractivity contribution in [3.05, 3.63) is 33.6 Å². The molecule has 1 aromatic heterocycles. The normalized spacial score (nSPS) is 11.2. The number of benzene rings is 1. The first kappa shape index (κ1) is 27.7. The van der Waals surface area contributed by atoms with Gasteiger partial charge in [-0.25, -0.2) is 14.4 Å². The summed E-state index contributed by atoms with van der Waals surface area (Å²) in [6.45, 7) is 11.1. The number of rotatable bonds is 8. The molecular weight excluding hydrogens is 524 g/mol. The summed E-state index contributed by atoms with van der Waals surface area (Å²) in [4.78, 5) is 39.7. The molecule has 0 aliphatic rings. The van der Waals surface area contributed by atoms with E-state index in [0.717, 1.165) is 5.56 Å². The molecule has 0 unspecified atom stereocenters. The summed E-state index contributed by atoms with van der Waals surface area (Å²) in [6, 6.07) is 7.21. The van der Waals surface area contributed by atoms with Gasteiger partial charge >= 0.3 is 18.0 Å². The van der Waals surface area contributed by atoms with Gasteiger partial charge in [0.2, 0.25) is 0 Å². The quantitative estimate of drug-likeness (QED) is 0.425. The monoisotopic (exact) mass is 554 g/mol. The third-order valence-electron chi connectivity index (χ3n) is 4.33. The summed E-state index contributed by atoms with van der Waals surface area (Å²) in [5.41, 5.74) is 0.813. The summed E-state index contributed by atoms with van der Waals surface area (Å²) < 4.78 is 16.4. The second-order valence-corrected chi connectivity index (χ2v) is 10.5. The Kier molecular flexibility index (Phi) is 9.52. The maximum atomic E-state index is 12.6. The van der Waals surface area contributed by atoms with Crippen LogP contribution in [0.4, 0.5) is 10.5 Å². The Labute approximate surface area is 212 Å². The van der Waals surface area contributed by atoms with Crippen LogP contribution >= 0.6 is 27.3 Å². The van der Waals surface area contributed by atoms with E-state index in [1.807, 2.05) is 45.0 Å². The molecule has 0 saturated heterocycles. The lowest BCUT2D eigenvalue weighted by Crippen LogP contribution is -2.43. The highest BCUT2D eigenvalue weighted by Crippen LogP contribution is 2.46. The van der Waals surface area contributed by atoms with Crippen molar-refractivity contribution in [2.24, 2.45) is 0 Å². The van der Waals surface area contributed by atoms with E-state index in [2.05, 4.69) is 21.2 Å².